The summed E-state index contributed by atoms with van der Waals surface area (Å²) in [5.74, 6) is 0. The van der Waals surface area contributed by atoms with Gasteiger partial charge >= 0.3 is 0 Å². The number of rotatable bonds is 17. The van der Waals surface area contributed by atoms with E-state index in [0.29, 0.717) is 6.61 Å². The summed E-state index contributed by atoms with van der Waals surface area (Å²) in [6, 6.07) is 0.163. The van der Waals surface area contributed by atoms with E-state index in [2.05, 4.69) is 33.0 Å². The number of hydrogen-bond acceptors (Lipinski definition) is 5. The summed E-state index contributed by atoms with van der Waals surface area (Å²) in [6.45, 7) is 13.4. The molecule has 1 heterocycles. The van der Waals surface area contributed by atoms with Crippen LogP contribution in [0.2, 0.25) is 0 Å². The number of ether oxygens (including phenoxy) is 4. The van der Waals surface area contributed by atoms with Gasteiger partial charge in [0.05, 0.1) is 18.8 Å². The van der Waals surface area contributed by atoms with E-state index in [1.807, 2.05) is 0 Å². The zero-order valence-electron chi connectivity index (χ0n) is 18.3. The lowest BCUT2D eigenvalue weighted by molar-refractivity contribution is -0.171. The first kappa shape index (κ1) is 24.8. The van der Waals surface area contributed by atoms with Crippen LogP contribution in [0.4, 0.5) is 0 Å². The Morgan fingerprint density at radius 1 is 0.667 bits per heavy atom. The van der Waals surface area contributed by atoms with E-state index in [-0.39, 0.29) is 24.4 Å². The molecular formula is C22H45NO4. The van der Waals surface area contributed by atoms with Crippen molar-refractivity contribution in [3.8, 4) is 0 Å². The quantitative estimate of drug-likeness (QED) is 0.376. The summed E-state index contributed by atoms with van der Waals surface area (Å²) >= 11 is 0. The molecule has 0 aromatic rings. The van der Waals surface area contributed by atoms with Gasteiger partial charge in [-0.25, -0.2) is 0 Å². The summed E-state index contributed by atoms with van der Waals surface area (Å²) < 4.78 is 24.8. The lowest BCUT2D eigenvalue weighted by atomic mass is 9.95. The SMILES string of the molecule is CCCCOCC1NCC(OCCCC)C(OCCCC)C1OCCCC. The second-order valence-electron chi connectivity index (χ2n) is 7.58. The van der Waals surface area contributed by atoms with Crippen molar-refractivity contribution in [1.82, 2.24) is 5.32 Å². The highest BCUT2D eigenvalue weighted by Gasteiger charge is 2.41. The summed E-state index contributed by atoms with van der Waals surface area (Å²) in [5.41, 5.74) is 0. The number of hydrogen-bond donors (Lipinski definition) is 1. The maximum atomic E-state index is 6.33. The van der Waals surface area contributed by atoms with Gasteiger partial charge in [0.2, 0.25) is 0 Å². The van der Waals surface area contributed by atoms with E-state index in [1.54, 1.807) is 0 Å². The lowest BCUT2D eigenvalue weighted by Gasteiger charge is -2.43. The molecule has 27 heavy (non-hydrogen) atoms. The first-order chi connectivity index (χ1) is 13.3. The molecule has 4 atom stereocenters. The molecule has 5 heteroatoms. The average molecular weight is 388 g/mol. The largest absolute Gasteiger partial charge is 0.380 e. The fourth-order valence-electron chi connectivity index (χ4n) is 3.22. The summed E-state index contributed by atoms with van der Waals surface area (Å²) in [6.07, 6.45) is 8.92. The van der Waals surface area contributed by atoms with Crippen LogP contribution in [0.3, 0.4) is 0 Å². The Bertz CT molecular complexity index is 329. The van der Waals surface area contributed by atoms with Gasteiger partial charge in [-0.2, -0.15) is 0 Å². The molecule has 0 amide bonds. The van der Waals surface area contributed by atoms with Crippen molar-refractivity contribution < 1.29 is 18.9 Å². The van der Waals surface area contributed by atoms with Crippen LogP contribution < -0.4 is 5.32 Å². The highest BCUT2D eigenvalue weighted by atomic mass is 16.6. The van der Waals surface area contributed by atoms with Gasteiger partial charge < -0.3 is 24.3 Å². The maximum absolute atomic E-state index is 6.33. The molecule has 5 nitrogen and oxygen atoms in total. The van der Waals surface area contributed by atoms with Crippen LogP contribution in [-0.4, -0.2) is 63.9 Å². The van der Waals surface area contributed by atoms with Crippen LogP contribution in [0.1, 0.15) is 79.1 Å². The molecule has 0 aromatic carbocycles. The van der Waals surface area contributed by atoms with E-state index < -0.39 is 0 Å². The minimum Gasteiger partial charge on any atom is -0.380 e. The topological polar surface area (TPSA) is 49.0 Å². The highest BCUT2D eigenvalue weighted by molar-refractivity contribution is 4.95. The first-order valence-corrected chi connectivity index (χ1v) is 11.4. The van der Waals surface area contributed by atoms with Crippen LogP contribution in [0.15, 0.2) is 0 Å². The monoisotopic (exact) mass is 387 g/mol. The van der Waals surface area contributed by atoms with Crippen LogP contribution in [-0.2, 0) is 18.9 Å². The van der Waals surface area contributed by atoms with Crippen molar-refractivity contribution in [2.75, 3.05) is 39.6 Å². The molecule has 0 aliphatic carbocycles. The zero-order valence-corrected chi connectivity index (χ0v) is 18.3. The maximum Gasteiger partial charge on any atom is 0.113 e. The van der Waals surface area contributed by atoms with Crippen LogP contribution in [0.25, 0.3) is 0 Å². The van der Waals surface area contributed by atoms with Gasteiger partial charge in [0.15, 0.2) is 0 Å². The zero-order chi connectivity index (χ0) is 19.7. The van der Waals surface area contributed by atoms with E-state index in [9.17, 15) is 0 Å². The minimum absolute atomic E-state index is 0.0181. The second kappa shape index (κ2) is 16.7. The Morgan fingerprint density at radius 3 is 1.78 bits per heavy atom. The molecule has 1 saturated heterocycles. The molecule has 1 N–H and O–H groups in total. The van der Waals surface area contributed by atoms with Crippen molar-refractivity contribution in [3.63, 3.8) is 0 Å². The molecule has 4 unspecified atom stereocenters. The predicted molar refractivity (Wildman–Crippen MR) is 111 cm³/mol. The molecule has 1 aliphatic heterocycles. The molecule has 0 radical (unpaired) electrons. The highest BCUT2D eigenvalue weighted by Crippen LogP contribution is 2.22. The molecule has 1 rings (SSSR count). The molecule has 0 aromatic heterocycles. The van der Waals surface area contributed by atoms with E-state index in [0.717, 1.165) is 84.3 Å². The van der Waals surface area contributed by atoms with Crippen molar-refractivity contribution in [1.29, 1.82) is 0 Å². The molecule has 1 fully saturated rings. The standard InChI is InChI=1S/C22H45NO4/c1-5-9-13-24-18-19-21(26-15-11-7-3)22(27-16-12-8-4)20(17-23-19)25-14-10-6-2/h19-23H,5-18H2,1-4H3. The summed E-state index contributed by atoms with van der Waals surface area (Å²) in [5, 5.41) is 3.62. The third-order valence-electron chi connectivity index (χ3n) is 5.05. The van der Waals surface area contributed by atoms with Crippen molar-refractivity contribution >= 4 is 0 Å². The first-order valence-electron chi connectivity index (χ1n) is 11.4. The smallest absolute Gasteiger partial charge is 0.113 e. The molecule has 0 spiro atoms. The van der Waals surface area contributed by atoms with E-state index in [1.165, 1.54) is 0 Å². The number of piperidine rings is 1. The summed E-state index contributed by atoms with van der Waals surface area (Å²) in [7, 11) is 0. The van der Waals surface area contributed by atoms with E-state index >= 15 is 0 Å². The lowest BCUT2D eigenvalue weighted by Crippen LogP contribution is -2.63. The Hall–Kier alpha value is -0.200. The van der Waals surface area contributed by atoms with Crippen molar-refractivity contribution in [3.05, 3.63) is 0 Å². The fraction of sp³-hybridized carbons (Fsp3) is 1.00. The van der Waals surface area contributed by atoms with Crippen LogP contribution in [0, 0.1) is 0 Å². The third kappa shape index (κ3) is 10.2. The van der Waals surface area contributed by atoms with Gasteiger partial charge in [-0.15, -0.1) is 0 Å². The summed E-state index contributed by atoms with van der Waals surface area (Å²) in [4.78, 5) is 0. The van der Waals surface area contributed by atoms with Crippen LogP contribution >= 0.6 is 0 Å². The molecule has 0 bridgehead atoms. The Morgan fingerprint density at radius 2 is 1.19 bits per heavy atom. The minimum atomic E-state index is -0.0220. The molecular weight excluding hydrogens is 342 g/mol. The van der Waals surface area contributed by atoms with Gasteiger partial charge in [-0.05, 0) is 25.7 Å². The van der Waals surface area contributed by atoms with Gasteiger partial charge in [0.1, 0.15) is 12.2 Å². The molecule has 0 saturated carbocycles. The Balaban J connectivity index is 2.72. The van der Waals surface area contributed by atoms with Gasteiger partial charge in [0, 0.05) is 33.0 Å². The second-order valence-corrected chi connectivity index (χ2v) is 7.58. The molecule has 1 aliphatic rings. The van der Waals surface area contributed by atoms with Crippen molar-refractivity contribution in [2.45, 2.75) is 103 Å². The van der Waals surface area contributed by atoms with Gasteiger partial charge in [-0.3, -0.25) is 0 Å². The van der Waals surface area contributed by atoms with Gasteiger partial charge in [0.25, 0.3) is 0 Å². The van der Waals surface area contributed by atoms with E-state index in [4.69, 9.17) is 18.9 Å². The molecule has 162 valence electrons. The van der Waals surface area contributed by atoms with Gasteiger partial charge in [-0.1, -0.05) is 53.4 Å². The van der Waals surface area contributed by atoms with Crippen LogP contribution in [0.5, 0.6) is 0 Å². The predicted octanol–water partition coefficient (Wildman–Crippen LogP) is 4.33. The Labute approximate surface area is 167 Å². The number of unbranched alkanes of at least 4 members (excludes halogenated alkanes) is 4. The third-order valence-corrected chi connectivity index (χ3v) is 5.05. The normalized spacial score (nSPS) is 25.8. The average Bonchev–Trinajstić information content (AvgIpc) is 2.68. The number of nitrogens with one attached hydrogen (secondary N) is 1. The van der Waals surface area contributed by atoms with Crippen molar-refractivity contribution in [2.24, 2.45) is 0 Å². The fourth-order valence-corrected chi connectivity index (χ4v) is 3.22. The Kier molecular flexibility index (Phi) is 15.4.